The average Bonchev–Trinajstić information content (AvgIpc) is 2.80. The van der Waals surface area contributed by atoms with Gasteiger partial charge in [-0.25, -0.2) is 0 Å². The van der Waals surface area contributed by atoms with Gasteiger partial charge in [-0.2, -0.15) is 16.7 Å². The fraction of sp³-hybridized carbons (Fsp3) is 0.727. The summed E-state index contributed by atoms with van der Waals surface area (Å²) in [4.78, 5) is 15.7. The van der Waals surface area contributed by atoms with E-state index in [4.69, 9.17) is 9.26 Å². The second-order valence-electron chi connectivity index (χ2n) is 4.00. The van der Waals surface area contributed by atoms with E-state index in [2.05, 4.69) is 10.1 Å². The average molecular weight is 256 g/mol. The predicted octanol–water partition coefficient (Wildman–Crippen LogP) is 1.96. The van der Waals surface area contributed by atoms with Gasteiger partial charge in [-0.3, -0.25) is 4.79 Å². The molecule has 1 fully saturated rings. The van der Waals surface area contributed by atoms with E-state index in [1.54, 1.807) is 6.92 Å². The van der Waals surface area contributed by atoms with E-state index < -0.39 is 0 Å². The van der Waals surface area contributed by atoms with Crippen LogP contribution in [-0.2, 0) is 9.53 Å². The van der Waals surface area contributed by atoms with E-state index in [0.717, 1.165) is 11.5 Å². The summed E-state index contributed by atoms with van der Waals surface area (Å²) in [7, 11) is 0. The lowest BCUT2D eigenvalue weighted by Crippen LogP contribution is -2.17. The zero-order valence-corrected chi connectivity index (χ0v) is 10.8. The molecule has 2 heterocycles. The molecule has 0 aromatic carbocycles. The summed E-state index contributed by atoms with van der Waals surface area (Å²) >= 11 is 1.81. The van der Waals surface area contributed by atoms with Crippen LogP contribution >= 0.6 is 11.8 Å². The molecular weight excluding hydrogens is 240 g/mol. The van der Waals surface area contributed by atoms with Crippen molar-refractivity contribution in [2.75, 3.05) is 18.1 Å². The number of carbonyl (C=O) groups excluding carboxylic acids is 1. The van der Waals surface area contributed by atoms with Crippen molar-refractivity contribution in [1.82, 2.24) is 10.1 Å². The molecule has 0 amide bonds. The van der Waals surface area contributed by atoms with Gasteiger partial charge in [-0.1, -0.05) is 12.1 Å². The number of nitrogens with zero attached hydrogens (tertiary/aromatic N) is 2. The lowest BCUT2D eigenvalue weighted by atomic mass is 10.0. The molecule has 0 radical (unpaired) electrons. The highest BCUT2D eigenvalue weighted by atomic mass is 32.2. The molecule has 1 aromatic heterocycles. The molecule has 0 aliphatic carbocycles. The van der Waals surface area contributed by atoms with Gasteiger partial charge in [0.2, 0.25) is 11.7 Å². The molecule has 1 saturated heterocycles. The summed E-state index contributed by atoms with van der Waals surface area (Å²) in [6.07, 6.45) is 0.577. The first-order valence-corrected chi connectivity index (χ1v) is 6.91. The minimum absolute atomic E-state index is 0.0571. The van der Waals surface area contributed by atoms with E-state index in [1.807, 2.05) is 18.7 Å². The first kappa shape index (κ1) is 12.6. The minimum Gasteiger partial charge on any atom is -0.368 e. The van der Waals surface area contributed by atoms with Crippen molar-refractivity contribution in [3.63, 3.8) is 0 Å². The molecule has 94 valence electrons. The third kappa shape index (κ3) is 2.87. The van der Waals surface area contributed by atoms with Crippen LogP contribution in [0, 0.1) is 0 Å². The molecule has 2 rings (SSSR count). The third-order valence-corrected chi connectivity index (χ3v) is 3.75. The topological polar surface area (TPSA) is 65.2 Å². The van der Waals surface area contributed by atoms with Gasteiger partial charge in [0.05, 0.1) is 12.5 Å². The summed E-state index contributed by atoms with van der Waals surface area (Å²) in [5.74, 6) is 2.59. The molecule has 0 spiro atoms. The maximum Gasteiger partial charge on any atom is 0.237 e. The van der Waals surface area contributed by atoms with Crippen molar-refractivity contribution in [2.24, 2.45) is 0 Å². The summed E-state index contributed by atoms with van der Waals surface area (Å²) in [5.41, 5.74) is 0. The highest BCUT2D eigenvalue weighted by molar-refractivity contribution is 7.99. The van der Waals surface area contributed by atoms with Gasteiger partial charge in [-0.15, -0.1) is 0 Å². The van der Waals surface area contributed by atoms with Crippen molar-refractivity contribution < 1.29 is 14.1 Å². The summed E-state index contributed by atoms with van der Waals surface area (Å²) in [6.45, 7) is 4.19. The maximum atomic E-state index is 11.4. The highest BCUT2D eigenvalue weighted by Crippen LogP contribution is 2.26. The van der Waals surface area contributed by atoms with Gasteiger partial charge in [0.25, 0.3) is 0 Å². The van der Waals surface area contributed by atoms with Crippen molar-refractivity contribution >= 4 is 17.5 Å². The number of carbonyl (C=O) groups is 1. The maximum absolute atomic E-state index is 11.4. The standard InChI is InChI=1S/C11H16N2O3S/c1-3-8(7(2)14)11-12-10(13-16-11)9-6-17-5-4-15-9/h8-9H,3-6H2,1-2H3. The Balaban J connectivity index is 2.11. The van der Waals surface area contributed by atoms with Gasteiger partial charge in [0, 0.05) is 11.5 Å². The van der Waals surface area contributed by atoms with Gasteiger partial charge in [0.15, 0.2) is 0 Å². The highest BCUT2D eigenvalue weighted by Gasteiger charge is 2.26. The van der Waals surface area contributed by atoms with Crippen molar-refractivity contribution in [1.29, 1.82) is 0 Å². The largest absolute Gasteiger partial charge is 0.368 e. The van der Waals surface area contributed by atoms with Crippen LogP contribution in [0.1, 0.15) is 44.0 Å². The van der Waals surface area contributed by atoms with Crippen LogP contribution in [0.15, 0.2) is 4.52 Å². The number of Topliss-reactive ketones (excluding diaryl/α,β-unsaturated/α-hetero) is 1. The van der Waals surface area contributed by atoms with E-state index >= 15 is 0 Å². The lowest BCUT2D eigenvalue weighted by molar-refractivity contribution is -0.119. The molecule has 0 bridgehead atoms. The molecule has 1 aliphatic heterocycles. The Morgan fingerprint density at radius 1 is 1.65 bits per heavy atom. The van der Waals surface area contributed by atoms with Crippen molar-refractivity contribution in [2.45, 2.75) is 32.3 Å². The third-order valence-electron chi connectivity index (χ3n) is 2.76. The predicted molar refractivity (Wildman–Crippen MR) is 64.0 cm³/mol. The summed E-state index contributed by atoms with van der Waals surface area (Å²) in [6, 6.07) is 0. The number of hydrogen-bond donors (Lipinski definition) is 0. The van der Waals surface area contributed by atoms with Crippen molar-refractivity contribution in [3.8, 4) is 0 Å². The molecule has 0 saturated carbocycles. The Kier molecular flexibility index (Phi) is 4.17. The molecule has 1 aromatic rings. The number of hydrogen-bond acceptors (Lipinski definition) is 6. The quantitative estimate of drug-likeness (QED) is 0.820. The second-order valence-corrected chi connectivity index (χ2v) is 5.15. The Hall–Kier alpha value is -0.880. The van der Waals surface area contributed by atoms with Crippen molar-refractivity contribution in [3.05, 3.63) is 11.7 Å². The normalized spacial score (nSPS) is 22.4. The SMILES string of the molecule is CCC(C(C)=O)c1nc(C2CSCCO2)no1. The van der Waals surface area contributed by atoms with E-state index in [0.29, 0.717) is 24.7 Å². The first-order valence-electron chi connectivity index (χ1n) is 5.75. The molecule has 17 heavy (non-hydrogen) atoms. The summed E-state index contributed by atoms with van der Waals surface area (Å²) in [5, 5.41) is 3.91. The zero-order valence-electron chi connectivity index (χ0n) is 10.0. The molecule has 2 unspecified atom stereocenters. The zero-order chi connectivity index (χ0) is 12.3. The van der Waals surface area contributed by atoms with Gasteiger partial charge < -0.3 is 9.26 Å². The van der Waals surface area contributed by atoms with E-state index in [1.165, 1.54) is 0 Å². The van der Waals surface area contributed by atoms with Gasteiger partial charge >= 0.3 is 0 Å². The number of aromatic nitrogens is 2. The number of rotatable bonds is 4. The second kappa shape index (κ2) is 5.64. The van der Waals surface area contributed by atoms with Crippen LogP contribution in [-0.4, -0.2) is 34.0 Å². The molecule has 0 N–H and O–H groups in total. The summed E-state index contributed by atoms with van der Waals surface area (Å²) < 4.78 is 10.7. The molecular formula is C11H16N2O3S. The number of thioether (sulfide) groups is 1. The van der Waals surface area contributed by atoms with Crippen LogP contribution in [0.5, 0.6) is 0 Å². The minimum atomic E-state index is -0.285. The van der Waals surface area contributed by atoms with E-state index in [9.17, 15) is 4.79 Å². The number of ether oxygens (including phenoxy) is 1. The van der Waals surface area contributed by atoms with Crippen LogP contribution in [0.25, 0.3) is 0 Å². The Labute approximate surface area is 104 Å². The van der Waals surface area contributed by atoms with E-state index in [-0.39, 0.29) is 17.8 Å². The van der Waals surface area contributed by atoms with Crippen LogP contribution in [0.3, 0.4) is 0 Å². The van der Waals surface area contributed by atoms with Crippen LogP contribution < -0.4 is 0 Å². The van der Waals surface area contributed by atoms with Crippen LogP contribution in [0.2, 0.25) is 0 Å². The molecule has 6 heteroatoms. The Bertz CT molecular complexity index is 388. The van der Waals surface area contributed by atoms with Gasteiger partial charge in [-0.05, 0) is 13.3 Å². The van der Waals surface area contributed by atoms with Gasteiger partial charge in [0.1, 0.15) is 11.9 Å². The lowest BCUT2D eigenvalue weighted by Gasteiger charge is -2.18. The molecule has 2 atom stereocenters. The molecule has 1 aliphatic rings. The number of ketones is 1. The smallest absolute Gasteiger partial charge is 0.237 e. The Morgan fingerprint density at radius 3 is 3.06 bits per heavy atom. The fourth-order valence-corrected chi connectivity index (χ4v) is 2.63. The monoisotopic (exact) mass is 256 g/mol. The first-order chi connectivity index (χ1) is 8.22. The fourth-order valence-electron chi connectivity index (χ4n) is 1.79. The Morgan fingerprint density at radius 2 is 2.47 bits per heavy atom. The molecule has 5 nitrogen and oxygen atoms in total. The van der Waals surface area contributed by atoms with Crippen LogP contribution in [0.4, 0.5) is 0 Å².